The summed E-state index contributed by atoms with van der Waals surface area (Å²) in [5, 5.41) is 10.4. The van der Waals surface area contributed by atoms with Crippen molar-refractivity contribution >= 4 is 11.6 Å². The van der Waals surface area contributed by atoms with Crippen LogP contribution in [0.25, 0.3) is 0 Å². The van der Waals surface area contributed by atoms with Crippen LogP contribution in [0, 0.1) is 0 Å². The molecule has 1 aliphatic rings. The first-order chi connectivity index (χ1) is 10.2. The minimum atomic E-state index is -1.14. The Morgan fingerprint density at radius 3 is 2.71 bits per heavy atom. The number of methoxy groups -OCH3 is 2. The zero-order valence-electron chi connectivity index (χ0n) is 11.6. The third-order valence-corrected chi connectivity index (χ3v) is 3.42. The number of benzene rings is 1. The van der Waals surface area contributed by atoms with E-state index < -0.39 is 6.23 Å². The Hall–Kier alpha value is -2.60. The van der Waals surface area contributed by atoms with Gasteiger partial charge in [0.05, 0.1) is 25.5 Å². The highest BCUT2D eigenvalue weighted by molar-refractivity contribution is 6.11. The zero-order chi connectivity index (χ0) is 15.0. The van der Waals surface area contributed by atoms with Gasteiger partial charge in [-0.25, -0.2) is 0 Å². The molecule has 1 unspecified atom stereocenters. The Kier molecular flexibility index (Phi) is 3.23. The summed E-state index contributed by atoms with van der Waals surface area (Å²) in [6.45, 7) is 0. The largest absolute Gasteiger partial charge is 0.497 e. The highest BCUT2D eigenvalue weighted by Crippen LogP contribution is 2.40. The molecule has 2 aromatic rings. The average Bonchev–Trinajstić information content (AvgIpc) is 2.78. The first-order valence-corrected chi connectivity index (χ1v) is 6.36. The van der Waals surface area contributed by atoms with Gasteiger partial charge in [0.1, 0.15) is 17.2 Å². The highest BCUT2D eigenvalue weighted by atomic mass is 16.5. The van der Waals surface area contributed by atoms with E-state index in [4.69, 9.17) is 9.47 Å². The maximum atomic E-state index is 12.5. The first kappa shape index (κ1) is 13.4. The summed E-state index contributed by atoms with van der Waals surface area (Å²) in [6, 6.07) is 8.35. The predicted octanol–water partition coefficient (Wildman–Crippen LogP) is 1.75. The van der Waals surface area contributed by atoms with Crippen molar-refractivity contribution in [3.8, 4) is 11.5 Å². The fourth-order valence-corrected chi connectivity index (χ4v) is 2.39. The van der Waals surface area contributed by atoms with E-state index in [0.717, 1.165) is 0 Å². The lowest BCUT2D eigenvalue weighted by atomic mass is 10.2. The first-order valence-electron chi connectivity index (χ1n) is 6.36. The van der Waals surface area contributed by atoms with Crippen molar-refractivity contribution in [2.45, 2.75) is 6.23 Å². The third kappa shape index (κ3) is 2.00. The number of hydrogen-bond acceptors (Lipinski definition) is 5. The maximum absolute atomic E-state index is 12.5. The predicted molar refractivity (Wildman–Crippen MR) is 75.6 cm³/mol. The summed E-state index contributed by atoms with van der Waals surface area (Å²) < 4.78 is 10.4. The standard InChI is InChI=1S/C15H14N2O4/c1-20-9-5-6-12(21-2)11(8-9)17-14(18)10-4-3-7-16-13(10)15(17)19/h3-8,15,19H,1-2H3. The van der Waals surface area contributed by atoms with Crippen LogP contribution in [0.15, 0.2) is 36.5 Å². The minimum absolute atomic E-state index is 0.322. The van der Waals surface area contributed by atoms with Crippen LogP contribution < -0.4 is 14.4 Å². The van der Waals surface area contributed by atoms with E-state index >= 15 is 0 Å². The van der Waals surface area contributed by atoms with Crippen LogP contribution in [0.4, 0.5) is 5.69 Å². The number of hydrogen-bond donors (Lipinski definition) is 1. The van der Waals surface area contributed by atoms with Gasteiger partial charge in [-0.1, -0.05) is 0 Å². The number of carbonyl (C=O) groups excluding carboxylic acids is 1. The molecule has 6 nitrogen and oxygen atoms in total. The summed E-state index contributed by atoms with van der Waals surface area (Å²) in [5.74, 6) is 0.711. The molecule has 1 atom stereocenters. The normalized spacial score (nSPS) is 16.8. The molecule has 1 aromatic carbocycles. The molecular formula is C15H14N2O4. The van der Waals surface area contributed by atoms with E-state index in [0.29, 0.717) is 28.4 Å². The number of rotatable bonds is 3. The number of aliphatic hydroxyl groups is 1. The SMILES string of the molecule is COc1ccc(OC)c(N2C(=O)c3cccnc3C2O)c1. The second kappa shape index (κ2) is 5.06. The second-order valence-electron chi connectivity index (χ2n) is 4.52. The number of fused-ring (bicyclic) bond motifs is 1. The summed E-state index contributed by atoms with van der Waals surface area (Å²) in [7, 11) is 3.04. The van der Waals surface area contributed by atoms with Gasteiger partial charge < -0.3 is 14.6 Å². The van der Waals surface area contributed by atoms with Crippen molar-refractivity contribution in [1.29, 1.82) is 0 Å². The lowest BCUT2D eigenvalue weighted by Gasteiger charge is -2.23. The van der Waals surface area contributed by atoms with Gasteiger partial charge in [-0.05, 0) is 24.3 Å². The number of aliphatic hydroxyl groups excluding tert-OH is 1. The molecule has 108 valence electrons. The Morgan fingerprint density at radius 2 is 2.05 bits per heavy atom. The number of anilines is 1. The highest BCUT2D eigenvalue weighted by Gasteiger charge is 2.39. The summed E-state index contributed by atoms with van der Waals surface area (Å²) in [5.41, 5.74) is 1.16. The second-order valence-corrected chi connectivity index (χ2v) is 4.52. The smallest absolute Gasteiger partial charge is 0.262 e. The fraction of sp³-hybridized carbons (Fsp3) is 0.200. The number of pyridine rings is 1. The molecule has 1 amide bonds. The summed E-state index contributed by atoms with van der Waals surface area (Å²) >= 11 is 0. The molecule has 21 heavy (non-hydrogen) atoms. The van der Waals surface area contributed by atoms with Gasteiger partial charge in [-0.15, -0.1) is 0 Å². The number of aromatic nitrogens is 1. The van der Waals surface area contributed by atoms with Crippen LogP contribution in [-0.2, 0) is 0 Å². The third-order valence-electron chi connectivity index (χ3n) is 3.42. The van der Waals surface area contributed by atoms with Gasteiger partial charge in [0.2, 0.25) is 0 Å². The lowest BCUT2D eigenvalue weighted by Crippen LogP contribution is -2.28. The molecule has 6 heteroatoms. The average molecular weight is 286 g/mol. The van der Waals surface area contributed by atoms with Crippen LogP contribution in [0.1, 0.15) is 22.3 Å². The topological polar surface area (TPSA) is 71.9 Å². The van der Waals surface area contributed by atoms with E-state index in [1.54, 1.807) is 36.5 Å². The van der Waals surface area contributed by atoms with Crippen molar-refractivity contribution in [3.05, 3.63) is 47.8 Å². The molecule has 0 fully saturated rings. The van der Waals surface area contributed by atoms with Crippen LogP contribution in [-0.4, -0.2) is 30.2 Å². The Balaban J connectivity index is 2.12. The number of nitrogens with zero attached hydrogens (tertiary/aromatic N) is 2. The summed E-state index contributed by atoms with van der Waals surface area (Å²) in [6.07, 6.45) is 0.400. The molecule has 0 spiro atoms. The van der Waals surface area contributed by atoms with Gasteiger partial charge in [-0.3, -0.25) is 14.7 Å². The van der Waals surface area contributed by atoms with Crippen LogP contribution in [0.3, 0.4) is 0 Å². The monoisotopic (exact) mass is 286 g/mol. The van der Waals surface area contributed by atoms with Crippen LogP contribution in [0.5, 0.6) is 11.5 Å². The van der Waals surface area contributed by atoms with E-state index in [1.165, 1.54) is 19.1 Å². The number of carbonyl (C=O) groups is 1. The van der Waals surface area contributed by atoms with Crippen molar-refractivity contribution in [3.63, 3.8) is 0 Å². The van der Waals surface area contributed by atoms with Gasteiger partial charge in [0.15, 0.2) is 6.23 Å². The fourth-order valence-electron chi connectivity index (χ4n) is 2.39. The number of amides is 1. The molecule has 0 bridgehead atoms. The van der Waals surface area contributed by atoms with Gasteiger partial charge in [-0.2, -0.15) is 0 Å². The molecule has 0 aliphatic carbocycles. The quantitative estimate of drug-likeness (QED) is 0.930. The van der Waals surface area contributed by atoms with E-state index in [2.05, 4.69) is 4.98 Å². The van der Waals surface area contributed by atoms with E-state index in [-0.39, 0.29) is 5.91 Å². The van der Waals surface area contributed by atoms with Gasteiger partial charge in [0.25, 0.3) is 5.91 Å². The van der Waals surface area contributed by atoms with Crippen molar-refractivity contribution in [1.82, 2.24) is 4.98 Å². The zero-order valence-corrected chi connectivity index (χ0v) is 11.6. The molecule has 3 rings (SSSR count). The van der Waals surface area contributed by atoms with Gasteiger partial charge in [0, 0.05) is 12.3 Å². The van der Waals surface area contributed by atoms with Crippen LogP contribution in [0.2, 0.25) is 0 Å². The molecule has 0 radical (unpaired) electrons. The van der Waals surface area contributed by atoms with E-state index in [9.17, 15) is 9.90 Å². The van der Waals surface area contributed by atoms with Gasteiger partial charge >= 0.3 is 0 Å². The lowest BCUT2D eigenvalue weighted by molar-refractivity contribution is 0.0932. The van der Waals surface area contributed by atoms with Crippen molar-refractivity contribution in [2.24, 2.45) is 0 Å². The molecule has 0 saturated carbocycles. The Labute approximate surface area is 121 Å². The van der Waals surface area contributed by atoms with Crippen molar-refractivity contribution in [2.75, 3.05) is 19.1 Å². The molecular weight excluding hydrogens is 272 g/mol. The van der Waals surface area contributed by atoms with Crippen LogP contribution >= 0.6 is 0 Å². The molecule has 2 heterocycles. The Morgan fingerprint density at radius 1 is 1.24 bits per heavy atom. The molecule has 1 aromatic heterocycles. The van der Waals surface area contributed by atoms with E-state index in [1.807, 2.05) is 0 Å². The minimum Gasteiger partial charge on any atom is -0.497 e. The number of ether oxygens (including phenoxy) is 2. The molecule has 1 aliphatic heterocycles. The molecule has 1 N–H and O–H groups in total. The maximum Gasteiger partial charge on any atom is 0.262 e. The Bertz CT molecular complexity index is 702. The molecule has 0 saturated heterocycles. The van der Waals surface area contributed by atoms with Crippen molar-refractivity contribution < 1.29 is 19.4 Å². The summed E-state index contributed by atoms with van der Waals surface area (Å²) in [4.78, 5) is 17.8.